The number of fused-ring (bicyclic) bond motifs is 5. The van der Waals surface area contributed by atoms with Crippen molar-refractivity contribution >= 4 is 44.2 Å². The molecule has 1 aliphatic heterocycles. The number of hydrogen-bond donors (Lipinski definition) is 0. The van der Waals surface area contributed by atoms with Crippen molar-refractivity contribution in [2.45, 2.75) is 32.6 Å². The molecule has 0 radical (unpaired) electrons. The molecule has 0 spiro atoms. The van der Waals surface area contributed by atoms with Crippen LogP contribution in [0.3, 0.4) is 0 Å². The molecule has 0 saturated heterocycles. The molecule has 0 saturated carbocycles. The average Bonchev–Trinajstić information content (AvgIpc) is 4.13. The van der Waals surface area contributed by atoms with Gasteiger partial charge in [0.05, 0.1) is 6.85 Å². The van der Waals surface area contributed by atoms with E-state index in [-0.39, 0.29) is 35.1 Å². The second-order valence-corrected chi connectivity index (χ2v) is 20.3. The standard InChI is InChI=1S/C66H49N5O.Pt/c1-66(2,3)50-36-38-67-63(41-50)71-58-34-30-49(45-18-8-4-9-19-45)40-57(58)56-33-31-52(42-61(56)71)72-53-32-35-59-62(43-53)70-44-69(60-29-16-24-48(64(60)70)37-39-68(59)51-25-14-7-15-26-51)65-54(46-20-10-5-11-21-46)27-17-28-55(65)47-22-12-6-13-23-47;/h4-36,38,40-41H,37,39H2,1-3H3;/q-2;/i4D,8D,9D,18D,19D;. The molecule has 1 aliphatic rings. The van der Waals surface area contributed by atoms with E-state index in [4.69, 9.17) is 16.6 Å². The molecule has 7 heteroatoms. The van der Waals surface area contributed by atoms with E-state index in [1.165, 1.54) is 5.56 Å². The minimum atomic E-state index is -0.430. The number of aromatic nitrogens is 4. The molecular weight excluding hydrogens is 1070 g/mol. The number of anilines is 2. The molecule has 0 atom stereocenters. The van der Waals surface area contributed by atoms with Crippen molar-refractivity contribution in [1.29, 1.82) is 0 Å². The number of para-hydroxylation sites is 3. The van der Waals surface area contributed by atoms with Gasteiger partial charge >= 0.3 is 347 Å². The fourth-order valence-corrected chi connectivity index (χ4v) is 11.5. The van der Waals surface area contributed by atoms with Crippen molar-refractivity contribution in [3.8, 4) is 62.1 Å². The predicted molar refractivity (Wildman–Crippen MR) is 294 cm³/mol. The van der Waals surface area contributed by atoms with Crippen molar-refractivity contribution in [3.05, 3.63) is 245 Å². The Labute approximate surface area is 443 Å². The number of ether oxygens (including phenoxy) is 1. The zero-order chi connectivity index (χ0) is 53.6. The van der Waals surface area contributed by atoms with E-state index in [1.54, 1.807) is 0 Å². The van der Waals surface area contributed by atoms with E-state index in [0.29, 0.717) is 28.4 Å². The first-order valence-corrected chi connectivity index (χ1v) is 25.5. The molecule has 73 heavy (non-hydrogen) atoms. The van der Waals surface area contributed by atoms with E-state index in [0.717, 1.165) is 94.7 Å². The van der Waals surface area contributed by atoms with Gasteiger partial charge in [0, 0.05) is 6.20 Å². The summed E-state index contributed by atoms with van der Waals surface area (Å²) in [5.74, 6) is 1.63. The zero-order valence-electron chi connectivity index (χ0n) is 45.3. The summed E-state index contributed by atoms with van der Waals surface area (Å²) in [6, 6.07) is 68.6. The minimum Gasteiger partial charge on any atom is -0.0617 e. The van der Waals surface area contributed by atoms with E-state index < -0.39 is 6.04 Å². The minimum absolute atomic E-state index is 0.140. The Hall–Kier alpha value is -8.31. The molecule has 356 valence electrons. The number of pyridine rings is 1. The third kappa shape index (κ3) is 7.85. The van der Waals surface area contributed by atoms with Crippen LogP contribution < -0.4 is 9.64 Å². The number of nitrogens with zero attached hydrogens (tertiary/aromatic N) is 5. The first-order valence-electron chi connectivity index (χ1n) is 26.9. The van der Waals surface area contributed by atoms with Crippen LogP contribution in [0.1, 0.15) is 38.8 Å². The Morgan fingerprint density at radius 2 is 1.27 bits per heavy atom. The van der Waals surface area contributed by atoms with Crippen LogP contribution in [0.25, 0.3) is 83.4 Å². The molecule has 0 unspecified atom stereocenters. The number of benzene rings is 9. The second kappa shape index (κ2) is 18.1. The number of hydrogen-bond acceptors (Lipinski definition) is 3. The van der Waals surface area contributed by atoms with Crippen molar-refractivity contribution in [1.82, 2.24) is 18.7 Å². The summed E-state index contributed by atoms with van der Waals surface area (Å²) >= 11 is 2.51. The summed E-state index contributed by atoms with van der Waals surface area (Å²) in [6.45, 7) is 7.23. The summed E-state index contributed by atoms with van der Waals surface area (Å²) in [7, 11) is 0. The van der Waals surface area contributed by atoms with Crippen LogP contribution in [0.15, 0.2) is 218 Å². The zero-order valence-corrected chi connectivity index (χ0v) is 42.5. The fraction of sp³-hybridized carbons (Fsp3) is 0.0909. The first-order chi connectivity index (χ1) is 37.8. The van der Waals surface area contributed by atoms with Crippen LogP contribution in [0.2, 0.25) is 0 Å². The monoisotopic (exact) mass is 1130 g/mol. The van der Waals surface area contributed by atoms with Gasteiger partial charge in [0.1, 0.15) is 0 Å². The molecule has 0 N–H and O–H groups in total. The van der Waals surface area contributed by atoms with Crippen LogP contribution in [0.5, 0.6) is 11.5 Å². The Kier molecular flexibility index (Phi) is 9.73. The molecule has 4 heterocycles. The molecule has 0 fully saturated rings. The van der Waals surface area contributed by atoms with Gasteiger partial charge in [-0.1, -0.05) is 57.0 Å². The molecule has 13 rings (SSSR count). The molecular formula is C66H49N5OPt-2. The summed E-state index contributed by atoms with van der Waals surface area (Å²) < 4.78 is 57.5. The van der Waals surface area contributed by atoms with Gasteiger partial charge in [-0.3, -0.25) is 0 Å². The van der Waals surface area contributed by atoms with Gasteiger partial charge in [-0.2, -0.15) is 0 Å². The maximum atomic E-state index is 8.82. The Morgan fingerprint density at radius 3 is 2.00 bits per heavy atom. The summed E-state index contributed by atoms with van der Waals surface area (Å²) in [6.07, 6.45) is 2.61. The fourth-order valence-electron chi connectivity index (χ4n) is 10.4. The number of rotatable bonds is 8. The predicted octanol–water partition coefficient (Wildman–Crippen LogP) is 16.4. The van der Waals surface area contributed by atoms with E-state index in [9.17, 15) is 0 Å². The van der Waals surface area contributed by atoms with Crippen LogP contribution in [0, 0.1) is 15.9 Å². The maximum absolute atomic E-state index is 8.82. The van der Waals surface area contributed by atoms with Crippen molar-refractivity contribution < 1.29 is 30.9 Å². The molecule has 9 aromatic carbocycles. The SMILES string of the molecule is [2H]c1c([2H])c([2H])c(-c2ccc3c(c2)c2ccc(Oc4[c-]c5c(cc4)N(c4ccccc4)CCc4cccc6c4n-5[c](=[Pt])n6-c4c(-c5ccccc5)cccc4-c4ccccc4)[c-]c2n3-c2cc(C(C)(C)C)ccn2)c([2H])c1[2H]. The third-order valence-corrected chi connectivity index (χ3v) is 14.9. The van der Waals surface area contributed by atoms with Crippen LogP contribution in [-0.4, -0.2) is 25.2 Å². The van der Waals surface area contributed by atoms with E-state index in [2.05, 4.69) is 204 Å². The molecule has 0 bridgehead atoms. The van der Waals surface area contributed by atoms with Crippen LogP contribution >= 0.6 is 0 Å². The smallest absolute Gasteiger partial charge is 0.0617 e. The summed E-state index contributed by atoms with van der Waals surface area (Å²) in [4.78, 5) is 7.29. The van der Waals surface area contributed by atoms with Gasteiger partial charge in [-0.05, 0) is 28.2 Å². The topological polar surface area (TPSA) is 40.1 Å². The van der Waals surface area contributed by atoms with Crippen LogP contribution in [-0.2, 0) is 31.2 Å². The Balaban J connectivity index is 1.02. The Bertz CT molecular complexity index is 4350. The normalized spacial score (nSPS) is 13.5. The van der Waals surface area contributed by atoms with E-state index in [1.807, 2.05) is 54.7 Å². The van der Waals surface area contributed by atoms with Gasteiger partial charge in [-0.15, -0.1) is 0 Å². The molecule has 3 aromatic heterocycles. The summed E-state index contributed by atoms with van der Waals surface area (Å²) in [5, 5.41) is 1.63. The van der Waals surface area contributed by atoms with Gasteiger partial charge in [0.25, 0.3) is 0 Å². The van der Waals surface area contributed by atoms with Gasteiger partial charge in [-0.25, -0.2) is 0 Å². The first kappa shape index (κ1) is 39.3. The molecule has 6 nitrogen and oxygen atoms in total. The molecule has 12 aromatic rings. The Morgan fingerprint density at radius 1 is 0.589 bits per heavy atom. The third-order valence-electron chi connectivity index (χ3n) is 13.9. The van der Waals surface area contributed by atoms with Crippen molar-refractivity contribution in [2.75, 3.05) is 11.4 Å². The number of imidazole rings is 1. The average molecular weight is 1130 g/mol. The van der Waals surface area contributed by atoms with Crippen molar-refractivity contribution in [3.63, 3.8) is 0 Å². The quantitative estimate of drug-likeness (QED) is 0.142. The van der Waals surface area contributed by atoms with Crippen LogP contribution in [0.4, 0.5) is 11.4 Å². The summed E-state index contributed by atoms with van der Waals surface area (Å²) in [5.41, 5.74) is 14.9. The van der Waals surface area contributed by atoms with Crippen molar-refractivity contribution in [2.24, 2.45) is 0 Å². The molecule has 0 aliphatic carbocycles. The molecule has 0 amide bonds. The van der Waals surface area contributed by atoms with Gasteiger partial charge in [0.15, 0.2) is 0 Å². The second-order valence-electron chi connectivity index (χ2n) is 19.3. The van der Waals surface area contributed by atoms with E-state index >= 15 is 0 Å². The van der Waals surface area contributed by atoms with Gasteiger partial charge < -0.3 is 0 Å². The van der Waals surface area contributed by atoms with Gasteiger partial charge in [0.2, 0.25) is 0 Å².